The van der Waals surface area contributed by atoms with Gasteiger partial charge in [-0.3, -0.25) is 0 Å². The van der Waals surface area contributed by atoms with Gasteiger partial charge in [0.25, 0.3) is 0 Å². The smallest absolute Gasteiger partial charge is 0.173 e. The number of aryl methyl sites for hydroxylation is 1. The van der Waals surface area contributed by atoms with Crippen molar-refractivity contribution >= 4 is 42.9 Å². The summed E-state index contributed by atoms with van der Waals surface area (Å²) in [5.41, 5.74) is 1.43. The molecule has 0 saturated heterocycles. The van der Waals surface area contributed by atoms with E-state index in [9.17, 15) is 0 Å². The largest absolute Gasteiger partial charge is 0.353 e. The number of allylic oxidation sites excluding steroid dienone is 2. The number of unbranched alkanes of at least 4 members (excludes halogenated alkanes) is 6. The third-order valence-corrected chi connectivity index (χ3v) is 15.5. The molecule has 0 atom stereocenters. The Morgan fingerprint density at radius 2 is 1.12 bits per heavy atom. The summed E-state index contributed by atoms with van der Waals surface area (Å²) in [6, 6.07) is 31.5. The second-order valence-electron chi connectivity index (χ2n) is 10.8. The Bertz CT molecular complexity index is 1040. The molecule has 0 aromatic heterocycles. The molecule has 0 fully saturated rings. The molecule has 3 aromatic rings. The molecule has 0 N–H and O–H groups in total. The molecule has 0 bridgehead atoms. The van der Waals surface area contributed by atoms with Crippen molar-refractivity contribution in [2.75, 3.05) is 13.2 Å². The molecule has 0 heterocycles. The molecule has 3 rings (SSSR count). The van der Waals surface area contributed by atoms with E-state index in [-0.39, 0.29) is 6.29 Å². The zero-order valence-electron chi connectivity index (χ0n) is 25.4. The van der Waals surface area contributed by atoms with Gasteiger partial charge in [-0.15, -0.1) is 0 Å². The number of halogens is 1. The predicted octanol–water partition coefficient (Wildman–Crippen LogP) is 10.1. The van der Waals surface area contributed by atoms with Crippen LogP contribution in [-0.4, -0.2) is 19.5 Å². The van der Waals surface area contributed by atoms with Crippen molar-refractivity contribution in [2.45, 2.75) is 97.2 Å². The third kappa shape index (κ3) is 11.9. The fourth-order valence-electron chi connectivity index (χ4n) is 4.92. The van der Waals surface area contributed by atoms with E-state index >= 15 is 0 Å². The summed E-state index contributed by atoms with van der Waals surface area (Å²) in [7, 11) is 0. The maximum atomic E-state index is 5.97. The molecule has 2 nitrogen and oxygen atoms in total. The Kier molecular flexibility index (Phi) is 16.9. The maximum Gasteiger partial charge on any atom is 0.173 e. The van der Waals surface area contributed by atoms with Gasteiger partial charge in [0.2, 0.25) is 0 Å². The van der Waals surface area contributed by atoms with Crippen LogP contribution in [0.5, 0.6) is 0 Å². The van der Waals surface area contributed by atoms with E-state index in [2.05, 4.69) is 133 Å². The van der Waals surface area contributed by atoms with Crippen LogP contribution in [0.15, 0.2) is 97.1 Å². The first-order chi connectivity index (χ1) is 20.2. The summed E-state index contributed by atoms with van der Waals surface area (Å²) in [6.07, 6.45) is 18.7. The van der Waals surface area contributed by atoms with Crippen LogP contribution in [0.4, 0.5) is 0 Å². The van der Waals surface area contributed by atoms with Crippen molar-refractivity contribution in [2.24, 2.45) is 0 Å². The lowest BCUT2D eigenvalue weighted by molar-refractivity contribution is -0.147. The molecule has 0 saturated carbocycles. The highest BCUT2D eigenvalue weighted by molar-refractivity contribution is 14.2. The Morgan fingerprint density at radius 3 is 1.66 bits per heavy atom. The van der Waals surface area contributed by atoms with Crippen molar-refractivity contribution in [1.82, 2.24) is 0 Å². The Labute approximate surface area is 264 Å². The Hall–Kier alpha value is -1.52. The van der Waals surface area contributed by atoms with Crippen molar-refractivity contribution in [3.8, 4) is 0 Å². The van der Waals surface area contributed by atoms with Gasteiger partial charge < -0.3 is 9.47 Å². The maximum absolute atomic E-state index is 5.97. The van der Waals surface area contributed by atoms with Gasteiger partial charge in [-0.2, -0.15) is 0 Å². The summed E-state index contributed by atoms with van der Waals surface area (Å²) in [6.45, 7) is 6.05. The fraction of sp³-hybridized carbons (Fsp3) is 0.459. The van der Waals surface area contributed by atoms with Crippen LogP contribution < -0.4 is 15.9 Å². The molecule has 0 aliphatic carbocycles. The SMILES string of the molecule is CCCCOC(CCCCC/C=C/CCCc1ccc([P+](I)(c2ccccc2)c2ccccc2)cc1)OCCCC. The van der Waals surface area contributed by atoms with Crippen LogP contribution in [0.3, 0.4) is 0 Å². The molecular weight excluding hydrogens is 634 g/mol. The van der Waals surface area contributed by atoms with Gasteiger partial charge in [0, 0.05) is 13.2 Å². The molecule has 0 aliphatic heterocycles. The van der Waals surface area contributed by atoms with E-state index in [1.165, 1.54) is 66.4 Å². The fourth-order valence-corrected chi connectivity index (χ4v) is 10.4. The van der Waals surface area contributed by atoms with Gasteiger partial charge in [0.15, 0.2) is 33.2 Å². The van der Waals surface area contributed by atoms with Crippen LogP contribution in [0, 0.1) is 0 Å². The number of ether oxygens (including phenoxy) is 2. The molecular formula is C37H51IO2P+. The molecule has 0 spiro atoms. The average molecular weight is 686 g/mol. The summed E-state index contributed by atoms with van der Waals surface area (Å²) >= 11 is 2.75. The summed E-state index contributed by atoms with van der Waals surface area (Å²) in [5, 5.41) is 4.28. The molecule has 0 unspecified atom stereocenters. The van der Waals surface area contributed by atoms with E-state index < -0.39 is 4.90 Å². The van der Waals surface area contributed by atoms with E-state index in [1.54, 1.807) is 0 Å². The molecule has 41 heavy (non-hydrogen) atoms. The standard InChI is InChI=1S/C37H51IO2P/c1-3-5-31-39-37(40-32-6-4-2)26-20-12-10-8-7-9-11-15-21-33-27-29-36(30-28-33)41(38,34-22-16-13-17-23-34)35-24-18-14-19-25-35/h7,9,13-14,16-19,22-25,27-30,37H,3-6,8,10-12,15,20-21,26,31-32H2,1-2H3/q+1/b9-7+. The highest BCUT2D eigenvalue weighted by Gasteiger charge is 2.43. The third-order valence-electron chi connectivity index (χ3n) is 7.43. The Morgan fingerprint density at radius 1 is 0.610 bits per heavy atom. The van der Waals surface area contributed by atoms with Gasteiger partial charge in [-0.05, 0) is 99.7 Å². The van der Waals surface area contributed by atoms with Crippen LogP contribution >= 0.6 is 26.9 Å². The van der Waals surface area contributed by atoms with E-state index in [0.29, 0.717) is 0 Å². The summed E-state index contributed by atoms with van der Waals surface area (Å²) in [4.78, 5) is -1.67. The van der Waals surface area contributed by atoms with Crippen molar-refractivity contribution < 1.29 is 9.47 Å². The molecule has 3 aromatic carbocycles. The van der Waals surface area contributed by atoms with Crippen molar-refractivity contribution in [3.05, 3.63) is 103 Å². The quantitative estimate of drug-likeness (QED) is 0.0366. The first kappa shape index (κ1) is 34.0. The highest BCUT2D eigenvalue weighted by atomic mass is 127. The lowest BCUT2D eigenvalue weighted by Gasteiger charge is -2.20. The molecule has 0 amide bonds. The zero-order valence-corrected chi connectivity index (χ0v) is 28.4. The predicted molar refractivity (Wildman–Crippen MR) is 190 cm³/mol. The molecule has 222 valence electrons. The van der Waals surface area contributed by atoms with Gasteiger partial charge in [0.05, 0.1) is 0 Å². The van der Waals surface area contributed by atoms with Crippen LogP contribution in [-0.2, 0) is 15.9 Å². The second kappa shape index (κ2) is 20.4. The normalized spacial score (nSPS) is 12.0. The number of rotatable bonds is 21. The molecule has 0 radical (unpaired) electrons. The monoisotopic (exact) mass is 685 g/mol. The van der Waals surface area contributed by atoms with Gasteiger partial charge in [-0.25, -0.2) is 0 Å². The number of hydrogen-bond donors (Lipinski definition) is 0. The lowest BCUT2D eigenvalue weighted by Crippen LogP contribution is -2.26. The first-order valence-electron chi connectivity index (χ1n) is 15.9. The minimum atomic E-state index is -1.67. The summed E-state index contributed by atoms with van der Waals surface area (Å²) < 4.78 is 11.9. The van der Waals surface area contributed by atoms with Gasteiger partial charge in [-0.1, -0.05) is 93.8 Å². The Balaban J connectivity index is 1.37. The number of benzene rings is 3. The van der Waals surface area contributed by atoms with E-state index in [4.69, 9.17) is 9.47 Å². The molecule has 4 heteroatoms. The van der Waals surface area contributed by atoms with E-state index in [0.717, 1.165) is 45.3 Å². The van der Waals surface area contributed by atoms with Crippen molar-refractivity contribution in [3.63, 3.8) is 0 Å². The highest BCUT2D eigenvalue weighted by Crippen LogP contribution is 2.63. The average Bonchev–Trinajstić information content (AvgIpc) is 3.02. The molecule has 0 aliphatic rings. The lowest BCUT2D eigenvalue weighted by atomic mass is 10.1. The van der Waals surface area contributed by atoms with E-state index in [1.807, 2.05) is 0 Å². The summed E-state index contributed by atoms with van der Waals surface area (Å²) in [5.74, 6) is 0. The topological polar surface area (TPSA) is 18.5 Å². The van der Waals surface area contributed by atoms with Gasteiger partial charge in [0.1, 0.15) is 15.9 Å². The van der Waals surface area contributed by atoms with Crippen LogP contribution in [0.2, 0.25) is 0 Å². The zero-order chi connectivity index (χ0) is 29.0. The van der Waals surface area contributed by atoms with Gasteiger partial charge >= 0.3 is 0 Å². The number of hydrogen-bond acceptors (Lipinski definition) is 2. The first-order valence-corrected chi connectivity index (χ1v) is 20.4. The second-order valence-corrected chi connectivity index (χ2v) is 17.9. The van der Waals surface area contributed by atoms with Crippen molar-refractivity contribution in [1.29, 1.82) is 0 Å². The minimum absolute atomic E-state index is 0.00967. The van der Waals surface area contributed by atoms with Crippen LogP contribution in [0.1, 0.15) is 90.0 Å². The minimum Gasteiger partial charge on any atom is -0.353 e. The van der Waals surface area contributed by atoms with Crippen LogP contribution in [0.25, 0.3) is 0 Å².